The van der Waals surface area contributed by atoms with E-state index in [9.17, 15) is 0 Å². The van der Waals surface area contributed by atoms with E-state index in [2.05, 4.69) is 20.8 Å². The van der Waals surface area contributed by atoms with Gasteiger partial charge in [-0.15, -0.1) is 0 Å². The van der Waals surface area contributed by atoms with E-state index in [1.165, 1.54) is 83.5 Å². The second kappa shape index (κ2) is 8.30. The number of hydrogen-bond donors (Lipinski definition) is 0. The van der Waals surface area contributed by atoms with Gasteiger partial charge in [-0.1, -0.05) is 33.1 Å². The van der Waals surface area contributed by atoms with Crippen molar-refractivity contribution in [2.45, 2.75) is 122 Å². The van der Waals surface area contributed by atoms with Crippen LogP contribution in [0.1, 0.15) is 104 Å². The van der Waals surface area contributed by atoms with E-state index in [4.69, 9.17) is 9.47 Å². The molecule has 0 aromatic heterocycles. The molecular weight excluding hydrogens is 308 g/mol. The molecule has 0 unspecified atom stereocenters. The predicted molar refractivity (Wildman–Crippen MR) is 105 cm³/mol. The van der Waals surface area contributed by atoms with Gasteiger partial charge in [0, 0.05) is 7.11 Å². The summed E-state index contributed by atoms with van der Waals surface area (Å²) in [5, 5.41) is 0. The lowest BCUT2D eigenvalue weighted by Crippen LogP contribution is -2.41. The van der Waals surface area contributed by atoms with Gasteiger partial charge in [0.1, 0.15) is 0 Å². The Kier molecular flexibility index (Phi) is 6.53. The van der Waals surface area contributed by atoms with Gasteiger partial charge in [0.2, 0.25) is 0 Å². The molecule has 0 atom stereocenters. The Hall–Kier alpha value is -0.0800. The van der Waals surface area contributed by atoms with Crippen LogP contribution in [0.25, 0.3) is 0 Å². The molecule has 3 aliphatic rings. The van der Waals surface area contributed by atoms with Gasteiger partial charge >= 0.3 is 0 Å². The zero-order valence-electron chi connectivity index (χ0n) is 17.3. The fraction of sp³-hybridized carbons (Fsp3) is 1.00. The molecule has 25 heavy (non-hydrogen) atoms. The summed E-state index contributed by atoms with van der Waals surface area (Å²) >= 11 is 0. The van der Waals surface area contributed by atoms with Crippen LogP contribution >= 0.6 is 0 Å². The maximum Gasteiger partial charge on any atom is 0.0658 e. The number of rotatable bonds is 5. The third kappa shape index (κ3) is 4.80. The van der Waals surface area contributed by atoms with E-state index < -0.39 is 0 Å². The van der Waals surface area contributed by atoms with Crippen molar-refractivity contribution >= 4 is 0 Å². The van der Waals surface area contributed by atoms with Crippen LogP contribution in [0.5, 0.6) is 0 Å². The molecule has 0 saturated heterocycles. The standard InChI is InChI=1S/C23H42O2/c1-22(2,18-8-12-20(24-4)13-9-18)19-10-14-21(15-11-19)25-23(3)16-6-5-7-17-23/h18-21H,5-17H2,1-4H3. The molecule has 2 heteroatoms. The Morgan fingerprint density at radius 1 is 0.720 bits per heavy atom. The smallest absolute Gasteiger partial charge is 0.0658 e. The Morgan fingerprint density at radius 2 is 1.20 bits per heavy atom. The second-order valence-corrected chi connectivity index (χ2v) is 10.1. The summed E-state index contributed by atoms with van der Waals surface area (Å²) in [4.78, 5) is 0. The Labute approximate surface area is 156 Å². The Balaban J connectivity index is 1.47. The van der Waals surface area contributed by atoms with Gasteiger partial charge in [-0.3, -0.25) is 0 Å². The maximum absolute atomic E-state index is 6.64. The molecule has 0 aliphatic heterocycles. The number of ether oxygens (including phenoxy) is 2. The van der Waals surface area contributed by atoms with Crippen LogP contribution in [-0.2, 0) is 9.47 Å². The molecule has 0 bridgehead atoms. The molecule has 0 N–H and O–H groups in total. The minimum atomic E-state index is 0.184. The van der Waals surface area contributed by atoms with Crippen LogP contribution in [-0.4, -0.2) is 24.9 Å². The quantitative estimate of drug-likeness (QED) is 0.562. The lowest BCUT2D eigenvalue weighted by atomic mass is 9.60. The van der Waals surface area contributed by atoms with Crippen LogP contribution in [0.4, 0.5) is 0 Å². The maximum atomic E-state index is 6.64. The van der Waals surface area contributed by atoms with Crippen molar-refractivity contribution in [3.05, 3.63) is 0 Å². The predicted octanol–water partition coefficient (Wildman–Crippen LogP) is 6.52. The van der Waals surface area contributed by atoms with E-state index in [0.29, 0.717) is 17.6 Å². The van der Waals surface area contributed by atoms with Crippen molar-refractivity contribution in [2.24, 2.45) is 17.3 Å². The third-order valence-electron chi connectivity index (χ3n) is 8.15. The van der Waals surface area contributed by atoms with E-state index in [0.717, 1.165) is 11.8 Å². The highest BCUT2D eigenvalue weighted by atomic mass is 16.5. The molecule has 0 aromatic rings. The normalized spacial score (nSPS) is 37.0. The summed E-state index contributed by atoms with van der Waals surface area (Å²) in [5.74, 6) is 1.77. The van der Waals surface area contributed by atoms with Gasteiger partial charge in [0.25, 0.3) is 0 Å². The lowest BCUT2D eigenvalue weighted by Gasteiger charge is -2.47. The number of methoxy groups -OCH3 is 1. The van der Waals surface area contributed by atoms with E-state index in [1.807, 2.05) is 7.11 Å². The first-order valence-electron chi connectivity index (χ1n) is 11.1. The third-order valence-corrected chi connectivity index (χ3v) is 8.15. The highest BCUT2D eigenvalue weighted by molar-refractivity contribution is 4.92. The second-order valence-electron chi connectivity index (χ2n) is 10.1. The summed E-state index contributed by atoms with van der Waals surface area (Å²) in [6, 6.07) is 0. The molecule has 0 aromatic carbocycles. The van der Waals surface area contributed by atoms with Gasteiger partial charge in [0.05, 0.1) is 17.8 Å². The molecule has 3 aliphatic carbocycles. The monoisotopic (exact) mass is 350 g/mol. The molecule has 146 valence electrons. The van der Waals surface area contributed by atoms with Gasteiger partial charge in [-0.05, 0) is 88.4 Å². The molecule has 0 amide bonds. The van der Waals surface area contributed by atoms with Gasteiger partial charge in [-0.25, -0.2) is 0 Å². The molecule has 3 saturated carbocycles. The van der Waals surface area contributed by atoms with Crippen LogP contribution < -0.4 is 0 Å². The van der Waals surface area contributed by atoms with Crippen molar-refractivity contribution in [1.29, 1.82) is 0 Å². The molecular formula is C23H42O2. The SMILES string of the molecule is COC1CCC(C(C)(C)C2CCC(OC3(C)CCCCC3)CC2)CC1. The summed E-state index contributed by atoms with van der Waals surface area (Å²) < 4.78 is 12.2. The first-order chi connectivity index (χ1) is 11.9. The molecule has 3 fully saturated rings. The zero-order valence-corrected chi connectivity index (χ0v) is 17.3. The summed E-state index contributed by atoms with van der Waals surface area (Å²) in [7, 11) is 1.88. The first kappa shape index (κ1) is 19.7. The van der Waals surface area contributed by atoms with E-state index in [-0.39, 0.29) is 5.60 Å². The average molecular weight is 351 g/mol. The van der Waals surface area contributed by atoms with Gasteiger partial charge in [-0.2, -0.15) is 0 Å². The lowest BCUT2D eigenvalue weighted by molar-refractivity contribution is -0.122. The fourth-order valence-electron chi connectivity index (χ4n) is 6.12. The van der Waals surface area contributed by atoms with E-state index in [1.54, 1.807) is 0 Å². The minimum absolute atomic E-state index is 0.184. The summed E-state index contributed by atoms with van der Waals surface area (Å²) in [6.07, 6.45) is 18.3. The summed E-state index contributed by atoms with van der Waals surface area (Å²) in [6.45, 7) is 7.48. The number of hydrogen-bond acceptors (Lipinski definition) is 2. The van der Waals surface area contributed by atoms with Gasteiger partial charge in [0.15, 0.2) is 0 Å². The Morgan fingerprint density at radius 3 is 1.68 bits per heavy atom. The van der Waals surface area contributed by atoms with Crippen LogP contribution in [0.15, 0.2) is 0 Å². The summed E-state index contributed by atoms with van der Waals surface area (Å²) in [5.41, 5.74) is 0.669. The van der Waals surface area contributed by atoms with Crippen molar-refractivity contribution < 1.29 is 9.47 Å². The highest BCUT2D eigenvalue weighted by Crippen LogP contribution is 2.49. The molecule has 0 spiro atoms. The minimum Gasteiger partial charge on any atom is -0.381 e. The average Bonchev–Trinajstić information content (AvgIpc) is 2.62. The van der Waals surface area contributed by atoms with Crippen LogP contribution in [0, 0.1) is 17.3 Å². The van der Waals surface area contributed by atoms with Crippen molar-refractivity contribution in [2.75, 3.05) is 7.11 Å². The first-order valence-corrected chi connectivity index (χ1v) is 11.1. The highest BCUT2D eigenvalue weighted by Gasteiger charge is 2.41. The largest absolute Gasteiger partial charge is 0.381 e. The van der Waals surface area contributed by atoms with Crippen molar-refractivity contribution in [1.82, 2.24) is 0 Å². The van der Waals surface area contributed by atoms with Crippen LogP contribution in [0.2, 0.25) is 0 Å². The van der Waals surface area contributed by atoms with E-state index >= 15 is 0 Å². The fourth-order valence-corrected chi connectivity index (χ4v) is 6.12. The molecule has 3 rings (SSSR count). The van der Waals surface area contributed by atoms with Crippen molar-refractivity contribution in [3.8, 4) is 0 Å². The van der Waals surface area contributed by atoms with Gasteiger partial charge < -0.3 is 9.47 Å². The topological polar surface area (TPSA) is 18.5 Å². The molecule has 2 nitrogen and oxygen atoms in total. The molecule has 0 radical (unpaired) electrons. The molecule has 0 heterocycles. The van der Waals surface area contributed by atoms with Crippen LogP contribution in [0.3, 0.4) is 0 Å². The van der Waals surface area contributed by atoms with Crippen molar-refractivity contribution in [3.63, 3.8) is 0 Å². The zero-order chi connectivity index (χ0) is 17.9. The Bertz CT molecular complexity index is 394.